The molecule has 0 unspecified atom stereocenters. The van der Waals surface area contributed by atoms with Crippen LogP contribution in [0.25, 0.3) is 0 Å². The standard InChI is InChI=1S/C24H25N3O5S/c28-22(25-17-5-6-19-20(13-17)32-11-10-31-19)14-27-18-12-16(4-7-21(18)33-15-23(27)29)24(30)26-8-2-1-3-9-26/h4-7,12-13H,1-3,8-11,14-15H2,(H,25,28). The first kappa shape index (κ1) is 21.6. The summed E-state index contributed by atoms with van der Waals surface area (Å²) in [5.74, 6) is 0.959. The Morgan fingerprint density at radius 1 is 0.970 bits per heavy atom. The van der Waals surface area contributed by atoms with Gasteiger partial charge in [0.05, 0.1) is 11.4 Å². The van der Waals surface area contributed by atoms with Gasteiger partial charge in [-0.1, -0.05) is 0 Å². The number of thioether (sulfide) groups is 1. The maximum Gasteiger partial charge on any atom is 0.253 e. The third kappa shape index (κ3) is 4.64. The minimum absolute atomic E-state index is 0.0267. The first-order valence-electron chi connectivity index (χ1n) is 11.1. The van der Waals surface area contributed by atoms with Crippen LogP contribution in [0.5, 0.6) is 11.5 Å². The molecule has 0 aliphatic carbocycles. The van der Waals surface area contributed by atoms with Crippen molar-refractivity contribution in [3.63, 3.8) is 0 Å². The van der Waals surface area contributed by atoms with Gasteiger partial charge in [0.25, 0.3) is 5.91 Å². The van der Waals surface area contributed by atoms with E-state index in [9.17, 15) is 14.4 Å². The van der Waals surface area contributed by atoms with E-state index >= 15 is 0 Å². The minimum atomic E-state index is -0.328. The van der Waals surface area contributed by atoms with Crippen LogP contribution in [0.3, 0.4) is 0 Å². The number of hydrogen-bond acceptors (Lipinski definition) is 6. The highest BCUT2D eigenvalue weighted by atomic mass is 32.2. The molecule has 0 saturated carbocycles. The van der Waals surface area contributed by atoms with Crippen molar-refractivity contribution in [1.82, 2.24) is 4.90 Å². The Morgan fingerprint density at radius 3 is 2.58 bits per heavy atom. The first-order chi connectivity index (χ1) is 16.1. The Balaban J connectivity index is 1.33. The number of carbonyl (C=O) groups is 3. The number of piperidine rings is 1. The molecular formula is C24H25N3O5S. The number of nitrogens with zero attached hydrogens (tertiary/aromatic N) is 2. The van der Waals surface area contributed by atoms with Gasteiger partial charge < -0.3 is 24.6 Å². The molecule has 2 aromatic rings. The lowest BCUT2D eigenvalue weighted by Gasteiger charge is -2.30. The molecule has 1 fully saturated rings. The molecule has 0 aromatic heterocycles. The van der Waals surface area contributed by atoms with Crippen LogP contribution in [0.1, 0.15) is 29.6 Å². The van der Waals surface area contributed by atoms with Gasteiger partial charge in [-0.05, 0) is 49.6 Å². The maximum atomic E-state index is 13.0. The second-order valence-corrected chi connectivity index (χ2v) is 9.23. The van der Waals surface area contributed by atoms with E-state index in [1.807, 2.05) is 17.0 Å². The van der Waals surface area contributed by atoms with Gasteiger partial charge in [-0.3, -0.25) is 14.4 Å². The Bertz CT molecular complexity index is 1100. The number of amides is 3. The van der Waals surface area contributed by atoms with Crippen LogP contribution in [-0.2, 0) is 9.59 Å². The lowest BCUT2D eigenvalue weighted by Crippen LogP contribution is -2.41. The quantitative estimate of drug-likeness (QED) is 0.743. The molecule has 1 N–H and O–H groups in total. The summed E-state index contributed by atoms with van der Waals surface area (Å²) in [6.07, 6.45) is 3.17. The monoisotopic (exact) mass is 467 g/mol. The van der Waals surface area contributed by atoms with E-state index in [1.54, 1.807) is 24.3 Å². The van der Waals surface area contributed by atoms with Gasteiger partial charge in [0, 0.05) is 35.3 Å². The second kappa shape index (κ2) is 9.35. The summed E-state index contributed by atoms with van der Waals surface area (Å²) in [5, 5.41) is 2.83. The van der Waals surface area contributed by atoms with Crippen molar-refractivity contribution in [2.75, 3.05) is 48.8 Å². The number of benzene rings is 2. The predicted octanol–water partition coefficient (Wildman–Crippen LogP) is 3.16. The van der Waals surface area contributed by atoms with Crippen LogP contribution < -0.4 is 19.7 Å². The fourth-order valence-corrected chi connectivity index (χ4v) is 5.17. The van der Waals surface area contributed by atoms with Gasteiger partial charge in [-0.25, -0.2) is 0 Å². The Kier molecular flexibility index (Phi) is 6.13. The molecular weight excluding hydrogens is 442 g/mol. The SMILES string of the molecule is O=C(CN1C(=O)CSc2ccc(C(=O)N3CCCCC3)cc21)Nc1ccc2c(c1)OCCO2. The van der Waals surface area contributed by atoms with Crippen LogP contribution in [0.15, 0.2) is 41.3 Å². The smallest absolute Gasteiger partial charge is 0.253 e. The fourth-order valence-electron chi connectivity index (χ4n) is 4.25. The fraction of sp³-hybridized carbons (Fsp3) is 0.375. The molecule has 9 heteroatoms. The minimum Gasteiger partial charge on any atom is -0.486 e. The number of hydrogen-bond donors (Lipinski definition) is 1. The van der Waals surface area contributed by atoms with Crippen molar-refractivity contribution >= 4 is 40.9 Å². The normalized spacial score (nSPS) is 17.4. The average Bonchev–Trinajstić information content (AvgIpc) is 2.85. The summed E-state index contributed by atoms with van der Waals surface area (Å²) in [4.78, 5) is 42.7. The summed E-state index contributed by atoms with van der Waals surface area (Å²) in [7, 11) is 0. The van der Waals surface area contributed by atoms with E-state index < -0.39 is 0 Å². The number of rotatable bonds is 4. The van der Waals surface area contributed by atoms with Crippen molar-refractivity contribution in [1.29, 1.82) is 0 Å². The lowest BCUT2D eigenvalue weighted by atomic mass is 10.1. The number of likely N-dealkylation sites (tertiary alicyclic amines) is 1. The molecule has 2 aromatic carbocycles. The van der Waals surface area contributed by atoms with Gasteiger partial charge in [0.2, 0.25) is 11.8 Å². The van der Waals surface area contributed by atoms with Crippen LogP contribution in [0.4, 0.5) is 11.4 Å². The van der Waals surface area contributed by atoms with Gasteiger partial charge in [0.15, 0.2) is 11.5 Å². The molecule has 5 rings (SSSR count). The van der Waals surface area contributed by atoms with Gasteiger partial charge in [-0.15, -0.1) is 11.8 Å². The van der Waals surface area contributed by atoms with Crippen molar-refractivity contribution < 1.29 is 23.9 Å². The molecule has 172 valence electrons. The van der Waals surface area contributed by atoms with Crippen molar-refractivity contribution in [2.45, 2.75) is 24.2 Å². The molecule has 0 atom stereocenters. The van der Waals surface area contributed by atoms with Crippen LogP contribution >= 0.6 is 11.8 Å². The molecule has 3 aliphatic rings. The van der Waals surface area contributed by atoms with E-state index in [1.165, 1.54) is 16.7 Å². The number of anilines is 2. The number of ether oxygens (including phenoxy) is 2. The Morgan fingerprint density at radius 2 is 1.76 bits per heavy atom. The summed E-state index contributed by atoms with van der Waals surface area (Å²) < 4.78 is 11.1. The van der Waals surface area contributed by atoms with E-state index in [4.69, 9.17) is 9.47 Å². The highest BCUT2D eigenvalue weighted by Crippen LogP contribution is 2.37. The number of nitrogens with one attached hydrogen (secondary N) is 1. The highest BCUT2D eigenvalue weighted by Gasteiger charge is 2.29. The van der Waals surface area contributed by atoms with E-state index in [-0.39, 0.29) is 30.0 Å². The lowest BCUT2D eigenvalue weighted by molar-refractivity contribution is -0.120. The zero-order valence-electron chi connectivity index (χ0n) is 18.2. The van der Waals surface area contributed by atoms with E-state index in [2.05, 4.69) is 5.32 Å². The predicted molar refractivity (Wildman–Crippen MR) is 125 cm³/mol. The summed E-state index contributed by atoms with van der Waals surface area (Å²) in [6.45, 7) is 2.33. The molecule has 0 spiro atoms. The van der Waals surface area contributed by atoms with Crippen molar-refractivity contribution in [3.8, 4) is 11.5 Å². The molecule has 1 saturated heterocycles. The molecule has 3 aliphatic heterocycles. The topological polar surface area (TPSA) is 88.2 Å². The van der Waals surface area contributed by atoms with Crippen molar-refractivity contribution in [2.24, 2.45) is 0 Å². The van der Waals surface area contributed by atoms with E-state index in [0.29, 0.717) is 41.7 Å². The zero-order valence-corrected chi connectivity index (χ0v) is 19.0. The number of fused-ring (bicyclic) bond motifs is 2. The summed E-state index contributed by atoms with van der Waals surface area (Å²) in [5.41, 5.74) is 1.72. The van der Waals surface area contributed by atoms with Gasteiger partial charge in [0.1, 0.15) is 19.8 Å². The second-order valence-electron chi connectivity index (χ2n) is 8.21. The van der Waals surface area contributed by atoms with Crippen LogP contribution in [0, 0.1) is 0 Å². The molecule has 0 bridgehead atoms. The number of carbonyl (C=O) groups excluding carboxylic acids is 3. The average molecular weight is 468 g/mol. The zero-order chi connectivity index (χ0) is 22.8. The largest absolute Gasteiger partial charge is 0.486 e. The van der Waals surface area contributed by atoms with E-state index in [0.717, 1.165) is 37.2 Å². The molecule has 33 heavy (non-hydrogen) atoms. The molecule has 3 heterocycles. The van der Waals surface area contributed by atoms with Crippen LogP contribution in [0.2, 0.25) is 0 Å². The van der Waals surface area contributed by atoms with Crippen molar-refractivity contribution in [3.05, 3.63) is 42.0 Å². The third-order valence-corrected chi connectivity index (χ3v) is 6.97. The third-order valence-electron chi connectivity index (χ3n) is 5.92. The molecule has 0 radical (unpaired) electrons. The highest BCUT2D eigenvalue weighted by molar-refractivity contribution is 8.00. The maximum absolute atomic E-state index is 13.0. The van der Waals surface area contributed by atoms with Gasteiger partial charge >= 0.3 is 0 Å². The van der Waals surface area contributed by atoms with Crippen LogP contribution in [-0.4, -0.2) is 61.2 Å². The summed E-state index contributed by atoms with van der Waals surface area (Å²) in [6, 6.07) is 10.6. The Labute approximate surface area is 196 Å². The van der Waals surface area contributed by atoms with Gasteiger partial charge in [-0.2, -0.15) is 0 Å². The Hall–Kier alpha value is -3.20. The summed E-state index contributed by atoms with van der Waals surface area (Å²) >= 11 is 1.42. The molecule has 3 amide bonds. The molecule has 8 nitrogen and oxygen atoms in total. The first-order valence-corrected chi connectivity index (χ1v) is 12.1.